The maximum Gasteiger partial charge on any atom is 0.230 e. The minimum atomic E-state index is 0.143. The summed E-state index contributed by atoms with van der Waals surface area (Å²) in [6, 6.07) is 8.84. The van der Waals surface area contributed by atoms with Gasteiger partial charge in [-0.25, -0.2) is 0 Å². The van der Waals surface area contributed by atoms with Gasteiger partial charge in [-0.3, -0.25) is 0 Å². The molecule has 2 aromatic heterocycles. The Morgan fingerprint density at radius 1 is 1.05 bits per heavy atom. The van der Waals surface area contributed by atoms with E-state index >= 15 is 0 Å². The van der Waals surface area contributed by atoms with Crippen LogP contribution < -0.4 is 5.73 Å². The summed E-state index contributed by atoms with van der Waals surface area (Å²) in [5, 5.41) is 4.89. The molecular formula is C14H10Cl2N2O2. The molecule has 0 amide bonds. The van der Waals surface area contributed by atoms with Crippen LogP contribution in [-0.4, -0.2) is 5.16 Å². The lowest BCUT2D eigenvalue weighted by Gasteiger charge is -2.06. The predicted octanol–water partition coefficient (Wildman–Crippen LogP) is 4.80. The van der Waals surface area contributed by atoms with Crippen molar-refractivity contribution in [2.75, 3.05) is 5.73 Å². The van der Waals surface area contributed by atoms with Gasteiger partial charge in [0.05, 0.1) is 15.6 Å². The van der Waals surface area contributed by atoms with Crippen LogP contribution in [0.15, 0.2) is 39.3 Å². The van der Waals surface area contributed by atoms with E-state index in [1.807, 2.05) is 13.0 Å². The Hall–Kier alpha value is -1.91. The molecule has 6 heteroatoms. The smallest absolute Gasteiger partial charge is 0.230 e. The molecular weight excluding hydrogens is 299 g/mol. The monoisotopic (exact) mass is 308 g/mol. The quantitative estimate of drug-likeness (QED) is 0.738. The van der Waals surface area contributed by atoms with Crippen molar-refractivity contribution in [2.45, 2.75) is 6.92 Å². The second-order valence-corrected chi connectivity index (χ2v) is 5.09. The lowest BCUT2D eigenvalue weighted by Crippen LogP contribution is -1.89. The normalized spacial score (nSPS) is 10.9. The van der Waals surface area contributed by atoms with Crippen LogP contribution in [0.4, 0.5) is 5.88 Å². The number of nitrogens with zero attached hydrogens (tertiary/aromatic N) is 1. The third kappa shape index (κ3) is 2.07. The van der Waals surface area contributed by atoms with Crippen molar-refractivity contribution in [3.8, 4) is 22.6 Å². The van der Waals surface area contributed by atoms with Gasteiger partial charge in [0.2, 0.25) is 5.88 Å². The molecule has 102 valence electrons. The fourth-order valence-electron chi connectivity index (χ4n) is 2.01. The summed E-state index contributed by atoms with van der Waals surface area (Å²) < 4.78 is 10.6. The number of nitrogen functional groups attached to an aromatic ring is 1. The summed E-state index contributed by atoms with van der Waals surface area (Å²) >= 11 is 12.4. The van der Waals surface area contributed by atoms with Crippen molar-refractivity contribution in [1.29, 1.82) is 0 Å². The fourth-order valence-corrected chi connectivity index (χ4v) is 2.60. The number of hydrogen-bond acceptors (Lipinski definition) is 4. The highest BCUT2D eigenvalue weighted by molar-refractivity contribution is 6.39. The Balaban J connectivity index is 2.27. The summed E-state index contributed by atoms with van der Waals surface area (Å²) in [7, 11) is 0. The first-order chi connectivity index (χ1) is 9.58. The van der Waals surface area contributed by atoms with Gasteiger partial charge in [0.15, 0.2) is 11.5 Å². The molecule has 2 heterocycles. The maximum absolute atomic E-state index is 6.22. The highest BCUT2D eigenvalue weighted by atomic mass is 35.5. The van der Waals surface area contributed by atoms with E-state index < -0.39 is 0 Å². The molecule has 0 aliphatic rings. The lowest BCUT2D eigenvalue weighted by molar-refractivity contribution is 0.435. The average Bonchev–Trinajstić information content (AvgIpc) is 2.97. The number of rotatable bonds is 2. The molecule has 0 spiro atoms. The van der Waals surface area contributed by atoms with Crippen LogP contribution in [0.5, 0.6) is 0 Å². The topological polar surface area (TPSA) is 65.2 Å². The second kappa shape index (κ2) is 4.89. The number of anilines is 1. The summed E-state index contributed by atoms with van der Waals surface area (Å²) in [5.74, 6) is 1.45. The van der Waals surface area contributed by atoms with E-state index in [0.29, 0.717) is 32.6 Å². The Morgan fingerprint density at radius 2 is 1.75 bits per heavy atom. The first-order valence-electron chi connectivity index (χ1n) is 5.84. The fraction of sp³-hybridized carbons (Fsp3) is 0.0714. The number of nitrogens with two attached hydrogens (primary N) is 1. The summed E-state index contributed by atoms with van der Waals surface area (Å²) in [6.45, 7) is 1.84. The molecule has 2 N–H and O–H groups in total. The van der Waals surface area contributed by atoms with Crippen molar-refractivity contribution < 1.29 is 8.94 Å². The van der Waals surface area contributed by atoms with Crippen LogP contribution in [-0.2, 0) is 0 Å². The van der Waals surface area contributed by atoms with Gasteiger partial charge in [-0.2, -0.15) is 0 Å². The predicted molar refractivity (Wildman–Crippen MR) is 78.8 cm³/mol. The van der Waals surface area contributed by atoms with Crippen molar-refractivity contribution in [2.24, 2.45) is 0 Å². The summed E-state index contributed by atoms with van der Waals surface area (Å²) in [6.07, 6.45) is 0. The van der Waals surface area contributed by atoms with Crippen LogP contribution in [0, 0.1) is 6.92 Å². The molecule has 0 aliphatic heterocycles. The zero-order valence-electron chi connectivity index (χ0n) is 10.5. The Morgan fingerprint density at radius 3 is 2.35 bits per heavy atom. The Kier molecular flexibility index (Phi) is 3.20. The van der Waals surface area contributed by atoms with Gasteiger partial charge in [-0.05, 0) is 31.2 Å². The molecule has 0 saturated heterocycles. The molecule has 3 rings (SSSR count). The molecule has 4 nitrogen and oxygen atoms in total. The summed E-state index contributed by atoms with van der Waals surface area (Å²) in [4.78, 5) is 0. The van der Waals surface area contributed by atoms with Crippen LogP contribution in [0.2, 0.25) is 10.0 Å². The lowest BCUT2D eigenvalue weighted by atomic mass is 10.0. The number of furan rings is 1. The van der Waals surface area contributed by atoms with E-state index in [-0.39, 0.29) is 5.88 Å². The van der Waals surface area contributed by atoms with E-state index in [9.17, 15) is 0 Å². The second-order valence-electron chi connectivity index (χ2n) is 4.28. The molecule has 0 aliphatic carbocycles. The Bertz CT molecular complexity index is 757. The van der Waals surface area contributed by atoms with Crippen molar-refractivity contribution >= 4 is 29.1 Å². The third-order valence-electron chi connectivity index (χ3n) is 2.90. The molecule has 0 bridgehead atoms. The van der Waals surface area contributed by atoms with Gasteiger partial charge in [-0.1, -0.05) is 34.4 Å². The molecule has 3 aromatic rings. The molecule has 0 fully saturated rings. The minimum Gasteiger partial charge on any atom is -0.460 e. The number of hydrogen-bond donors (Lipinski definition) is 1. The van der Waals surface area contributed by atoms with Crippen molar-refractivity contribution in [3.63, 3.8) is 0 Å². The molecule has 20 heavy (non-hydrogen) atoms. The van der Waals surface area contributed by atoms with Crippen molar-refractivity contribution in [1.82, 2.24) is 5.16 Å². The van der Waals surface area contributed by atoms with E-state index in [2.05, 4.69) is 5.16 Å². The highest BCUT2D eigenvalue weighted by Gasteiger charge is 2.23. The molecule has 0 radical (unpaired) electrons. The number of aromatic nitrogens is 1. The van der Waals surface area contributed by atoms with Crippen LogP contribution in [0.1, 0.15) is 5.76 Å². The van der Waals surface area contributed by atoms with Gasteiger partial charge < -0.3 is 14.7 Å². The van der Waals surface area contributed by atoms with Crippen LogP contribution >= 0.6 is 23.2 Å². The van der Waals surface area contributed by atoms with E-state index in [1.165, 1.54) is 0 Å². The SMILES string of the molecule is Cc1ccc(-c2noc(N)c2-c2c(Cl)cccc2Cl)o1. The van der Waals surface area contributed by atoms with Gasteiger partial charge >= 0.3 is 0 Å². The first kappa shape index (κ1) is 13.1. The largest absolute Gasteiger partial charge is 0.460 e. The zero-order valence-corrected chi connectivity index (χ0v) is 12.0. The van der Waals surface area contributed by atoms with Gasteiger partial charge in [-0.15, -0.1) is 0 Å². The van der Waals surface area contributed by atoms with Gasteiger partial charge in [0, 0.05) is 5.56 Å². The standard InChI is InChI=1S/C14H10Cl2N2O2/c1-7-5-6-10(19-7)13-12(14(17)20-18-13)11-8(15)3-2-4-9(11)16/h2-6H,17H2,1H3. The highest BCUT2D eigenvalue weighted by Crippen LogP contribution is 2.43. The number of benzene rings is 1. The zero-order chi connectivity index (χ0) is 14.3. The van der Waals surface area contributed by atoms with Gasteiger partial charge in [0.1, 0.15) is 5.76 Å². The summed E-state index contributed by atoms with van der Waals surface area (Å²) in [5.41, 5.74) is 7.46. The molecule has 0 atom stereocenters. The van der Waals surface area contributed by atoms with E-state index in [4.69, 9.17) is 37.9 Å². The van der Waals surface area contributed by atoms with E-state index in [0.717, 1.165) is 5.76 Å². The van der Waals surface area contributed by atoms with Gasteiger partial charge in [0.25, 0.3) is 0 Å². The third-order valence-corrected chi connectivity index (χ3v) is 3.53. The molecule has 0 saturated carbocycles. The van der Waals surface area contributed by atoms with Crippen molar-refractivity contribution in [3.05, 3.63) is 46.1 Å². The van der Waals surface area contributed by atoms with E-state index in [1.54, 1.807) is 24.3 Å². The Labute approximate surface area is 125 Å². The number of aryl methyl sites for hydroxylation is 1. The van der Waals surface area contributed by atoms with Crippen LogP contribution in [0.25, 0.3) is 22.6 Å². The number of halogens is 2. The van der Waals surface area contributed by atoms with Crippen LogP contribution in [0.3, 0.4) is 0 Å². The maximum atomic E-state index is 6.22. The molecule has 0 unspecified atom stereocenters. The minimum absolute atomic E-state index is 0.143. The first-order valence-corrected chi connectivity index (χ1v) is 6.60. The average molecular weight is 309 g/mol. The molecule has 1 aromatic carbocycles.